The molecule has 1 N–H and O–H groups in total. The molecule has 4 nitrogen and oxygen atoms in total. The normalized spacial score (nSPS) is 13.4. The molecular weight excluding hydrogens is 334 g/mol. The fraction of sp³-hybridized carbons (Fsp3) is 0.400. The van der Waals surface area contributed by atoms with Crippen molar-refractivity contribution in [1.82, 2.24) is 0 Å². The summed E-state index contributed by atoms with van der Waals surface area (Å²) >= 11 is 1.51. The molecule has 132 valence electrons. The lowest BCUT2D eigenvalue weighted by atomic mass is 9.95. The Kier molecular flexibility index (Phi) is 5.23. The number of hydrogen-bond donors (Lipinski definition) is 1. The van der Waals surface area contributed by atoms with Gasteiger partial charge in [-0.2, -0.15) is 0 Å². The first kappa shape index (κ1) is 17.7. The van der Waals surface area contributed by atoms with Crippen molar-refractivity contribution < 1.29 is 14.3 Å². The van der Waals surface area contributed by atoms with Crippen molar-refractivity contribution in [2.24, 2.45) is 0 Å². The fourth-order valence-electron chi connectivity index (χ4n) is 3.14. The summed E-state index contributed by atoms with van der Waals surface area (Å²) in [6.45, 7) is 5.58. The van der Waals surface area contributed by atoms with E-state index in [0.717, 1.165) is 36.8 Å². The topological polar surface area (TPSA) is 55.4 Å². The summed E-state index contributed by atoms with van der Waals surface area (Å²) < 4.78 is 5.43. The van der Waals surface area contributed by atoms with Crippen LogP contribution in [0.4, 0.5) is 5.00 Å². The first-order valence-electron chi connectivity index (χ1n) is 8.70. The zero-order chi connectivity index (χ0) is 18.0. The number of carbonyl (C=O) groups excluding carboxylic acids is 2. The molecule has 0 saturated carbocycles. The summed E-state index contributed by atoms with van der Waals surface area (Å²) in [6.07, 6.45) is 3.83. The molecule has 0 fully saturated rings. The molecule has 0 bridgehead atoms. The standard InChI is InChI=1S/C20H23NO3S/c1-12(2)24-20(23)17-15-10-6-7-11-16(15)25-19(17)21-18(22)14-9-5-4-8-13(14)3/h4-5,8-9,12H,6-7,10-11H2,1-3H3,(H,21,22). The van der Waals surface area contributed by atoms with Crippen LogP contribution in [0, 0.1) is 6.92 Å². The second kappa shape index (κ2) is 7.40. The molecule has 0 radical (unpaired) electrons. The molecule has 1 aliphatic rings. The Morgan fingerprint density at radius 3 is 2.60 bits per heavy atom. The van der Waals surface area contributed by atoms with Crippen LogP contribution in [0.2, 0.25) is 0 Å². The number of ether oxygens (including phenoxy) is 1. The van der Waals surface area contributed by atoms with E-state index in [-0.39, 0.29) is 18.0 Å². The van der Waals surface area contributed by atoms with Crippen molar-refractivity contribution >= 4 is 28.2 Å². The average Bonchev–Trinajstić information content (AvgIpc) is 2.92. The SMILES string of the molecule is Cc1ccccc1C(=O)Nc1sc2c(c1C(=O)OC(C)C)CCCC2. The number of thiophene rings is 1. The predicted octanol–water partition coefficient (Wildman–Crippen LogP) is 4.75. The highest BCUT2D eigenvalue weighted by molar-refractivity contribution is 7.17. The molecule has 1 aliphatic carbocycles. The van der Waals surface area contributed by atoms with Gasteiger partial charge in [-0.15, -0.1) is 11.3 Å². The number of aryl methyl sites for hydroxylation is 2. The lowest BCUT2D eigenvalue weighted by Crippen LogP contribution is -2.18. The van der Waals surface area contributed by atoms with Crippen LogP contribution in [0.25, 0.3) is 0 Å². The van der Waals surface area contributed by atoms with Gasteiger partial charge in [0, 0.05) is 10.4 Å². The van der Waals surface area contributed by atoms with Crippen molar-refractivity contribution in [1.29, 1.82) is 0 Å². The number of fused-ring (bicyclic) bond motifs is 1. The van der Waals surface area contributed by atoms with E-state index >= 15 is 0 Å². The van der Waals surface area contributed by atoms with Crippen LogP contribution in [-0.2, 0) is 17.6 Å². The molecule has 0 unspecified atom stereocenters. The zero-order valence-corrected chi connectivity index (χ0v) is 15.7. The molecule has 25 heavy (non-hydrogen) atoms. The van der Waals surface area contributed by atoms with E-state index in [1.165, 1.54) is 16.2 Å². The summed E-state index contributed by atoms with van der Waals surface area (Å²) in [7, 11) is 0. The van der Waals surface area contributed by atoms with Crippen LogP contribution >= 0.6 is 11.3 Å². The Bertz CT molecular complexity index is 807. The van der Waals surface area contributed by atoms with Gasteiger partial charge in [0.15, 0.2) is 0 Å². The summed E-state index contributed by atoms with van der Waals surface area (Å²) in [5, 5.41) is 3.57. The number of carbonyl (C=O) groups is 2. The predicted molar refractivity (Wildman–Crippen MR) is 101 cm³/mol. The number of esters is 1. The second-order valence-electron chi connectivity index (χ2n) is 6.64. The minimum atomic E-state index is -0.338. The van der Waals surface area contributed by atoms with E-state index in [9.17, 15) is 9.59 Å². The highest BCUT2D eigenvalue weighted by Gasteiger charge is 2.28. The monoisotopic (exact) mass is 357 g/mol. The van der Waals surface area contributed by atoms with Crippen LogP contribution in [0.5, 0.6) is 0 Å². The molecule has 0 saturated heterocycles. The van der Waals surface area contributed by atoms with E-state index in [0.29, 0.717) is 16.1 Å². The number of anilines is 1. The lowest BCUT2D eigenvalue weighted by molar-refractivity contribution is 0.0378. The first-order valence-corrected chi connectivity index (χ1v) is 9.51. The molecular formula is C20H23NO3S. The molecule has 5 heteroatoms. The zero-order valence-electron chi connectivity index (χ0n) is 14.8. The van der Waals surface area contributed by atoms with Gasteiger partial charge in [-0.1, -0.05) is 18.2 Å². The maximum absolute atomic E-state index is 12.7. The molecule has 1 aromatic heterocycles. The highest BCUT2D eigenvalue weighted by atomic mass is 32.1. The van der Waals surface area contributed by atoms with Gasteiger partial charge < -0.3 is 10.1 Å². The van der Waals surface area contributed by atoms with Gasteiger partial charge in [0.1, 0.15) is 5.00 Å². The van der Waals surface area contributed by atoms with Crippen molar-refractivity contribution in [3.05, 3.63) is 51.4 Å². The molecule has 1 aromatic carbocycles. The maximum Gasteiger partial charge on any atom is 0.341 e. The Morgan fingerprint density at radius 2 is 1.88 bits per heavy atom. The molecule has 1 amide bonds. The molecule has 0 aliphatic heterocycles. The number of nitrogens with one attached hydrogen (secondary N) is 1. The van der Waals surface area contributed by atoms with Crippen LogP contribution < -0.4 is 5.32 Å². The van der Waals surface area contributed by atoms with Gasteiger partial charge >= 0.3 is 5.97 Å². The van der Waals surface area contributed by atoms with Gasteiger partial charge in [0.2, 0.25) is 0 Å². The summed E-state index contributed by atoms with van der Waals surface area (Å²) in [5.41, 5.74) is 3.14. The van der Waals surface area contributed by atoms with Gasteiger partial charge in [-0.3, -0.25) is 4.79 Å². The van der Waals surface area contributed by atoms with E-state index in [1.807, 2.05) is 39.0 Å². The second-order valence-corrected chi connectivity index (χ2v) is 7.74. The molecule has 0 spiro atoms. The largest absolute Gasteiger partial charge is 0.459 e. The summed E-state index contributed by atoms with van der Waals surface area (Å²) in [5.74, 6) is -0.523. The Labute approximate surface area is 152 Å². The van der Waals surface area contributed by atoms with Crippen LogP contribution in [0.15, 0.2) is 24.3 Å². The smallest absolute Gasteiger partial charge is 0.341 e. The molecule has 1 heterocycles. The number of hydrogen-bond acceptors (Lipinski definition) is 4. The quantitative estimate of drug-likeness (QED) is 0.803. The van der Waals surface area contributed by atoms with E-state index < -0.39 is 0 Å². The van der Waals surface area contributed by atoms with Gasteiger partial charge in [0.25, 0.3) is 5.91 Å². The van der Waals surface area contributed by atoms with Crippen molar-refractivity contribution in [3.8, 4) is 0 Å². The summed E-state index contributed by atoms with van der Waals surface area (Å²) in [4.78, 5) is 26.5. The van der Waals surface area contributed by atoms with Crippen LogP contribution in [0.3, 0.4) is 0 Å². The van der Waals surface area contributed by atoms with E-state index in [1.54, 1.807) is 6.07 Å². The fourth-order valence-corrected chi connectivity index (χ4v) is 4.41. The highest BCUT2D eigenvalue weighted by Crippen LogP contribution is 2.39. The molecule has 2 aromatic rings. The molecule has 3 rings (SSSR count). The summed E-state index contributed by atoms with van der Waals surface area (Å²) in [6, 6.07) is 7.45. The molecule has 0 atom stereocenters. The number of rotatable bonds is 4. The number of amides is 1. The average molecular weight is 357 g/mol. The third-order valence-electron chi connectivity index (χ3n) is 4.33. The lowest BCUT2D eigenvalue weighted by Gasteiger charge is -2.14. The first-order chi connectivity index (χ1) is 12.0. The Balaban J connectivity index is 1.95. The maximum atomic E-state index is 12.7. The minimum Gasteiger partial charge on any atom is -0.459 e. The van der Waals surface area contributed by atoms with Crippen molar-refractivity contribution in [3.63, 3.8) is 0 Å². The minimum absolute atomic E-state index is 0.185. The Morgan fingerprint density at radius 1 is 1.16 bits per heavy atom. The van der Waals surface area contributed by atoms with E-state index in [2.05, 4.69) is 5.32 Å². The Hall–Kier alpha value is -2.14. The number of benzene rings is 1. The van der Waals surface area contributed by atoms with Crippen LogP contribution in [-0.4, -0.2) is 18.0 Å². The van der Waals surface area contributed by atoms with Gasteiger partial charge in [-0.05, 0) is 63.6 Å². The third kappa shape index (κ3) is 3.76. The van der Waals surface area contributed by atoms with Crippen molar-refractivity contribution in [2.75, 3.05) is 5.32 Å². The van der Waals surface area contributed by atoms with Crippen molar-refractivity contribution in [2.45, 2.75) is 52.6 Å². The van der Waals surface area contributed by atoms with Gasteiger partial charge in [0.05, 0.1) is 11.7 Å². The van der Waals surface area contributed by atoms with Crippen LogP contribution in [0.1, 0.15) is 63.4 Å². The van der Waals surface area contributed by atoms with Gasteiger partial charge in [-0.25, -0.2) is 4.79 Å². The van der Waals surface area contributed by atoms with E-state index in [4.69, 9.17) is 4.74 Å². The third-order valence-corrected chi connectivity index (χ3v) is 5.54.